The fourth-order valence-electron chi connectivity index (χ4n) is 1.52. The van der Waals surface area contributed by atoms with Crippen LogP contribution in [0.4, 0.5) is 5.69 Å². The predicted molar refractivity (Wildman–Crippen MR) is 80.4 cm³/mol. The van der Waals surface area contributed by atoms with E-state index < -0.39 is 0 Å². The van der Waals surface area contributed by atoms with Crippen molar-refractivity contribution in [3.8, 4) is 11.6 Å². The van der Waals surface area contributed by atoms with Gasteiger partial charge in [-0.3, -0.25) is 4.98 Å². The van der Waals surface area contributed by atoms with Gasteiger partial charge >= 0.3 is 0 Å². The zero-order valence-corrected chi connectivity index (χ0v) is 11.4. The van der Waals surface area contributed by atoms with E-state index in [9.17, 15) is 0 Å². The van der Waals surface area contributed by atoms with E-state index in [0.717, 1.165) is 5.69 Å². The number of aryl methyl sites for hydroxylation is 1. The molecule has 21 heavy (non-hydrogen) atoms. The van der Waals surface area contributed by atoms with E-state index in [1.807, 2.05) is 6.92 Å². The lowest BCUT2D eigenvalue weighted by Gasteiger charge is -2.05. The Bertz CT molecular complexity index is 692. The second-order valence-corrected chi connectivity index (χ2v) is 4.10. The van der Waals surface area contributed by atoms with Crippen LogP contribution in [0, 0.1) is 6.92 Å². The topological polar surface area (TPSA) is 138 Å². The lowest BCUT2D eigenvalue weighted by molar-refractivity contribution is 0.459. The summed E-state index contributed by atoms with van der Waals surface area (Å²) in [5, 5.41) is 0. The molecule has 8 nitrogen and oxygen atoms in total. The van der Waals surface area contributed by atoms with Gasteiger partial charge in [0.1, 0.15) is 5.75 Å². The number of nitrogens with two attached hydrogens (primary N) is 3. The molecule has 0 aliphatic heterocycles. The minimum absolute atomic E-state index is 0.0394. The second kappa shape index (κ2) is 6.33. The molecule has 108 valence electrons. The summed E-state index contributed by atoms with van der Waals surface area (Å²) in [6.07, 6.45) is 3.17. The van der Waals surface area contributed by atoms with Crippen LogP contribution in [0.1, 0.15) is 5.69 Å². The summed E-state index contributed by atoms with van der Waals surface area (Å²) in [7, 11) is 0. The van der Waals surface area contributed by atoms with Crippen LogP contribution in [-0.2, 0) is 0 Å². The molecule has 2 aromatic rings. The van der Waals surface area contributed by atoms with Crippen LogP contribution < -0.4 is 21.9 Å². The van der Waals surface area contributed by atoms with E-state index in [0.29, 0.717) is 17.3 Å². The largest absolute Gasteiger partial charge is 0.437 e. The molecule has 0 aliphatic rings. The van der Waals surface area contributed by atoms with Crippen molar-refractivity contribution in [2.24, 2.45) is 27.2 Å². The van der Waals surface area contributed by atoms with Gasteiger partial charge in [-0.1, -0.05) is 6.07 Å². The lowest BCUT2D eigenvalue weighted by Crippen LogP contribution is -2.26. The summed E-state index contributed by atoms with van der Waals surface area (Å²) in [5.41, 5.74) is 17.3. The molecule has 0 unspecified atom stereocenters. The molecule has 1 aromatic carbocycles. The first-order chi connectivity index (χ1) is 10.0. The maximum absolute atomic E-state index is 5.59. The maximum Gasteiger partial charge on any atom is 0.238 e. The van der Waals surface area contributed by atoms with Crippen molar-refractivity contribution in [3.63, 3.8) is 0 Å². The highest BCUT2D eigenvalue weighted by molar-refractivity contribution is 5.93. The first-order valence-electron chi connectivity index (χ1n) is 6.03. The number of hydrogen-bond donors (Lipinski definition) is 3. The molecule has 0 fully saturated rings. The molecule has 6 N–H and O–H groups in total. The van der Waals surface area contributed by atoms with Gasteiger partial charge in [-0.15, -0.1) is 0 Å². The van der Waals surface area contributed by atoms with Crippen LogP contribution in [0.25, 0.3) is 0 Å². The van der Waals surface area contributed by atoms with Crippen LogP contribution in [0.5, 0.6) is 11.6 Å². The maximum atomic E-state index is 5.59. The SMILES string of the molecule is Cc1cncc(Oc2cccc(N=C(N)N=C(N)N)c2)n1. The van der Waals surface area contributed by atoms with Crippen molar-refractivity contribution < 1.29 is 4.74 Å². The third kappa shape index (κ3) is 4.46. The first kappa shape index (κ1) is 14.3. The Balaban J connectivity index is 2.20. The van der Waals surface area contributed by atoms with Crippen LogP contribution in [0.3, 0.4) is 0 Å². The predicted octanol–water partition coefficient (Wildman–Crippen LogP) is 0.797. The minimum Gasteiger partial charge on any atom is -0.437 e. The zero-order chi connectivity index (χ0) is 15.2. The average molecular weight is 285 g/mol. The van der Waals surface area contributed by atoms with Gasteiger partial charge in [0.05, 0.1) is 17.6 Å². The van der Waals surface area contributed by atoms with Crippen LogP contribution in [0.2, 0.25) is 0 Å². The molecule has 2 rings (SSSR count). The van der Waals surface area contributed by atoms with Crippen molar-refractivity contribution in [2.75, 3.05) is 0 Å². The first-order valence-corrected chi connectivity index (χ1v) is 6.03. The monoisotopic (exact) mass is 285 g/mol. The van der Waals surface area contributed by atoms with Crippen molar-refractivity contribution >= 4 is 17.6 Å². The Hall–Kier alpha value is -3.16. The van der Waals surface area contributed by atoms with Gasteiger partial charge in [0.2, 0.25) is 11.8 Å². The molecule has 8 heteroatoms. The smallest absolute Gasteiger partial charge is 0.238 e. The highest BCUT2D eigenvalue weighted by Crippen LogP contribution is 2.24. The summed E-state index contributed by atoms with van der Waals surface area (Å²) in [6, 6.07) is 6.95. The molecule has 1 heterocycles. The van der Waals surface area contributed by atoms with Gasteiger partial charge in [0, 0.05) is 12.3 Å². The standard InChI is InChI=1S/C13H15N7O/c1-8-6-17-7-11(18-8)21-10-4-2-3-9(5-10)19-13(16)20-12(14)15/h2-7H,1H3,(H6,14,15,16,19,20). The number of benzene rings is 1. The fourth-order valence-corrected chi connectivity index (χ4v) is 1.52. The van der Waals surface area contributed by atoms with E-state index in [1.54, 1.807) is 30.5 Å². The number of ether oxygens (including phenoxy) is 1. The van der Waals surface area contributed by atoms with E-state index in [1.165, 1.54) is 6.20 Å². The molecule has 0 amide bonds. The Kier molecular flexibility index (Phi) is 4.30. The van der Waals surface area contributed by atoms with Gasteiger partial charge < -0.3 is 21.9 Å². The summed E-state index contributed by atoms with van der Waals surface area (Å²) >= 11 is 0. The normalized spacial score (nSPS) is 11.0. The number of rotatable bonds is 3. The highest BCUT2D eigenvalue weighted by Gasteiger charge is 2.01. The molecule has 1 aromatic heterocycles. The molecule has 0 saturated heterocycles. The van der Waals surface area contributed by atoms with Crippen molar-refractivity contribution in [1.82, 2.24) is 9.97 Å². The molecule has 0 aliphatic carbocycles. The Morgan fingerprint density at radius 2 is 2.00 bits per heavy atom. The van der Waals surface area contributed by atoms with Crippen molar-refractivity contribution in [1.29, 1.82) is 0 Å². The molecule has 0 bridgehead atoms. The number of hydrogen-bond acceptors (Lipinski definition) is 4. The summed E-state index contributed by atoms with van der Waals surface area (Å²) in [4.78, 5) is 15.9. The fraction of sp³-hybridized carbons (Fsp3) is 0.0769. The molecule has 0 radical (unpaired) electrons. The molecule has 0 saturated carbocycles. The highest BCUT2D eigenvalue weighted by atomic mass is 16.5. The van der Waals surface area contributed by atoms with Gasteiger partial charge in [-0.2, -0.15) is 4.99 Å². The van der Waals surface area contributed by atoms with Crippen LogP contribution in [0.15, 0.2) is 46.6 Å². The van der Waals surface area contributed by atoms with Gasteiger partial charge in [-0.25, -0.2) is 9.98 Å². The van der Waals surface area contributed by atoms with E-state index in [-0.39, 0.29) is 11.9 Å². The summed E-state index contributed by atoms with van der Waals surface area (Å²) in [6.45, 7) is 1.83. The second-order valence-electron chi connectivity index (χ2n) is 4.10. The number of aliphatic imine (C=N–C) groups is 2. The third-order valence-corrected chi connectivity index (χ3v) is 2.26. The number of nitrogens with zero attached hydrogens (tertiary/aromatic N) is 4. The molecular formula is C13H15N7O. The quantitative estimate of drug-likeness (QED) is 0.563. The Labute approximate surface area is 121 Å². The average Bonchev–Trinajstić information content (AvgIpc) is 2.37. The number of aromatic nitrogens is 2. The Morgan fingerprint density at radius 1 is 1.19 bits per heavy atom. The van der Waals surface area contributed by atoms with E-state index in [4.69, 9.17) is 21.9 Å². The van der Waals surface area contributed by atoms with Crippen LogP contribution in [-0.4, -0.2) is 21.9 Å². The number of guanidine groups is 2. The minimum atomic E-state index is -0.154. The van der Waals surface area contributed by atoms with Crippen LogP contribution >= 0.6 is 0 Å². The molecule has 0 atom stereocenters. The zero-order valence-electron chi connectivity index (χ0n) is 11.4. The third-order valence-electron chi connectivity index (χ3n) is 2.26. The van der Waals surface area contributed by atoms with Gasteiger partial charge in [0.15, 0.2) is 5.96 Å². The summed E-state index contributed by atoms with van der Waals surface area (Å²) in [5.74, 6) is 0.753. The lowest BCUT2D eigenvalue weighted by atomic mass is 10.3. The van der Waals surface area contributed by atoms with Crippen molar-refractivity contribution in [3.05, 3.63) is 42.4 Å². The Morgan fingerprint density at radius 3 is 2.71 bits per heavy atom. The van der Waals surface area contributed by atoms with E-state index in [2.05, 4.69) is 20.0 Å². The van der Waals surface area contributed by atoms with E-state index >= 15 is 0 Å². The summed E-state index contributed by atoms with van der Waals surface area (Å²) < 4.78 is 5.59. The molecule has 0 spiro atoms. The van der Waals surface area contributed by atoms with Gasteiger partial charge in [0.25, 0.3) is 0 Å². The van der Waals surface area contributed by atoms with Gasteiger partial charge in [-0.05, 0) is 19.1 Å². The van der Waals surface area contributed by atoms with Crippen molar-refractivity contribution in [2.45, 2.75) is 6.92 Å². The molecular weight excluding hydrogens is 270 g/mol.